The molecule has 0 saturated heterocycles. The normalized spacial score (nSPS) is 10.5. The van der Waals surface area contributed by atoms with E-state index in [1.165, 1.54) is 0 Å². The van der Waals surface area contributed by atoms with Crippen LogP contribution in [0.2, 0.25) is 0 Å². The topological polar surface area (TPSA) is 43.6 Å². The Kier molecular flexibility index (Phi) is 4.32. The largest absolute Gasteiger partial charge is 0.299 e. The maximum atomic E-state index is 4.60. The molecule has 0 aliphatic carbocycles. The van der Waals surface area contributed by atoms with Crippen molar-refractivity contribution in [3.63, 3.8) is 0 Å². The third kappa shape index (κ3) is 3.50. The minimum absolute atomic E-state index is 0.766. The van der Waals surface area contributed by atoms with E-state index in [0.29, 0.717) is 0 Å². The minimum Gasteiger partial charge on any atom is -0.299 e. The molecule has 0 bridgehead atoms. The number of benzene rings is 2. The van der Waals surface area contributed by atoms with Crippen LogP contribution in [0.5, 0.6) is 0 Å². The Hall–Kier alpha value is -4.23. The molecule has 136 valence electrons. The summed E-state index contributed by atoms with van der Waals surface area (Å²) in [6.45, 7) is 0. The van der Waals surface area contributed by atoms with Gasteiger partial charge in [-0.15, -0.1) is 0 Å². The van der Waals surface area contributed by atoms with E-state index < -0.39 is 0 Å². The smallest absolute Gasteiger partial charge is 0.114 e. The van der Waals surface area contributed by atoms with Crippen LogP contribution in [0.15, 0.2) is 97.7 Å². The minimum atomic E-state index is 0.766. The molecular formula is C25H16N4. The Labute approximate surface area is 168 Å². The standard InChI is InChI=1S/C25H16N4/c1-2-4-24-20(3-1)8-10-22(28-24)9-5-19-6-11-23(12-7-19)29-18-27-17-25(29)21-13-15-26-16-14-21/h1-4,6-8,10-18H. The first kappa shape index (κ1) is 16.9. The van der Waals surface area contributed by atoms with Crippen molar-refractivity contribution in [1.82, 2.24) is 19.5 Å². The zero-order valence-corrected chi connectivity index (χ0v) is 15.5. The van der Waals surface area contributed by atoms with Crippen LogP contribution in [0.1, 0.15) is 11.3 Å². The lowest BCUT2D eigenvalue weighted by Crippen LogP contribution is -1.95. The average molecular weight is 372 g/mol. The summed E-state index contributed by atoms with van der Waals surface area (Å²) in [6.07, 6.45) is 7.24. The van der Waals surface area contributed by atoms with Crippen LogP contribution in [0, 0.1) is 11.8 Å². The number of pyridine rings is 2. The summed E-state index contributed by atoms with van der Waals surface area (Å²) < 4.78 is 2.05. The lowest BCUT2D eigenvalue weighted by atomic mass is 10.1. The fourth-order valence-electron chi connectivity index (χ4n) is 3.21. The molecule has 0 aliphatic rings. The van der Waals surface area contributed by atoms with Crippen LogP contribution < -0.4 is 0 Å². The Morgan fingerprint density at radius 1 is 0.724 bits per heavy atom. The van der Waals surface area contributed by atoms with Gasteiger partial charge < -0.3 is 0 Å². The molecule has 0 radical (unpaired) electrons. The zero-order chi connectivity index (χ0) is 19.5. The van der Waals surface area contributed by atoms with E-state index in [1.54, 1.807) is 12.4 Å². The highest BCUT2D eigenvalue weighted by atomic mass is 15.0. The van der Waals surface area contributed by atoms with Gasteiger partial charge in [0.2, 0.25) is 0 Å². The Balaban J connectivity index is 1.42. The molecular weight excluding hydrogens is 356 g/mol. The first-order valence-electron chi connectivity index (χ1n) is 9.28. The van der Waals surface area contributed by atoms with Crippen LogP contribution in [0.4, 0.5) is 0 Å². The second-order valence-corrected chi connectivity index (χ2v) is 6.57. The Bertz CT molecular complexity index is 1340. The number of hydrogen-bond acceptors (Lipinski definition) is 3. The van der Waals surface area contributed by atoms with Crippen LogP contribution in [-0.2, 0) is 0 Å². The highest BCUT2D eigenvalue weighted by Gasteiger charge is 2.06. The lowest BCUT2D eigenvalue weighted by Gasteiger charge is -2.08. The monoisotopic (exact) mass is 372 g/mol. The van der Waals surface area contributed by atoms with Gasteiger partial charge in [0.25, 0.3) is 0 Å². The fourth-order valence-corrected chi connectivity index (χ4v) is 3.21. The van der Waals surface area contributed by atoms with E-state index in [0.717, 1.165) is 39.1 Å². The van der Waals surface area contributed by atoms with Gasteiger partial charge in [-0.3, -0.25) is 9.55 Å². The van der Waals surface area contributed by atoms with E-state index in [2.05, 4.69) is 43.5 Å². The molecule has 2 aromatic carbocycles. The summed E-state index contributed by atoms with van der Waals surface area (Å²) >= 11 is 0. The number of fused-ring (bicyclic) bond motifs is 1. The lowest BCUT2D eigenvalue weighted by molar-refractivity contribution is 1.06. The maximum absolute atomic E-state index is 4.60. The van der Waals surface area contributed by atoms with Gasteiger partial charge in [-0.05, 0) is 54.5 Å². The third-order valence-corrected chi connectivity index (χ3v) is 4.69. The molecule has 0 saturated carbocycles. The van der Waals surface area contributed by atoms with E-state index in [1.807, 2.05) is 73.2 Å². The molecule has 0 fully saturated rings. The van der Waals surface area contributed by atoms with Crippen molar-refractivity contribution in [2.75, 3.05) is 0 Å². The summed E-state index contributed by atoms with van der Waals surface area (Å²) in [4.78, 5) is 13.0. The highest BCUT2D eigenvalue weighted by molar-refractivity contribution is 5.78. The van der Waals surface area contributed by atoms with Crippen LogP contribution in [-0.4, -0.2) is 19.5 Å². The van der Waals surface area contributed by atoms with Crippen LogP contribution in [0.3, 0.4) is 0 Å². The number of aromatic nitrogens is 4. The second-order valence-electron chi connectivity index (χ2n) is 6.57. The van der Waals surface area contributed by atoms with Crippen molar-refractivity contribution in [3.05, 3.63) is 109 Å². The molecule has 3 aromatic heterocycles. The van der Waals surface area contributed by atoms with Crippen molar-refractivity contribution < 1.29 is 0 Å². The van der Waals surface area contributed by atoms with Gasteiger partial charge in [-0.1, -0.05) is 30.2 Å². The van der Waals surface area contributed by atoms with Crippen LogP contribution in [0.25, 0.3) is 27.8 Å². The Morgan fingerprint density at radius 3 is 2.41 bits per heavy atom. The number of para-hydroxylation sites is 1. The van der Waals surface area contributed by atoms with Gasteiger partial charge in [-0.25, -0.2) is 9.97 Å². The number of rotatable bonds is 2. The van der Waals surface area contributed by atoms with Gasteiger partial charge in [0.1, 0.15) is 5.69 Å². The first-order chi connectivity index (χ1) is 14.4. The molecule has 3 heterocycles. The third-order valence-electron chi connectivity index (χ3n) is 4.69. The molecule has 0 N–H and O–H groups in total. The van der Waals surface area contributed by atoms with Gasteiger partial charge >= 0.3 is 0 Å². The zero-order valence-electron chi connectivity index (χ0n) is 15.5. The number of imidazole rings is 1. The van der Waals surface area contributed by atoms with Crippen molar-refractivity contribution in [2.45, 2.75) is 0 Å². The predicted octanol–water partition coefficient (Wildman–Crippen LogP) is 4.88. The van der Waals surface area contributed by atoms with E-state index in [4.69, 9.17) is 0 Å². The molecule has 29 heavy (non-hydrogen) atoms. The summed E-state index contributed by atoms with van der Waals surface area (Å²) in [6, 6.07) is 24.1. The SMILES string of the molecule is C(#Cc1ccc2ccccc2n1)c1ccc(-n2cncc2-c2ccncc2)cc1. The van der Waals surface area contributed by atoms with Crippen LogP contribution >= 0.6 is 0 Å². The van der Waals surface area contributed by atoms with E-state index >= 15 is 0 Å². The molecule has 5 rings (SSSR count). The molecule has 4 nitrogen and oxygen atoms in total. The predicted molar refractivity (Wildman–Crippen MR) is 115 cm³/mol. The highest BCUT2D eigenvalue weighted by Crippen LogP contribution is 2.22. The van der Waals surface area contributed by atoms with Gasteiger partial charge in [0, 0.05) is 34.6 Å². The van der Waals surface area contributed by atoms with Crippen molar-refractivity contribution in [3.8, 4) is 28.8 Å². The van der Waals surface area contributed by atoms with Crippen molar-refractivity contribution >= 4 is 10.9 Å². The van der Waals surface area contributed by atoms with Gasteiger partial charge in [-0.2, -0.15) is 0 Å². The van der Waals surface area contributed by atoms with Crippen molar-refractivity contribution in [2.24, 2.45) is 0 Å². The number of nitrogens with zero attached hydrogens (tertiary/aromatic N) is 4. The quantitative estimate of drug-likeness (QED) is 0.415. The average Bonchev–Trinajstić information content (AvgIpc) is 3.28. The van der Waals surface area contributed by atoms with Crippen molar-refractivity contribution in [1.29, 1.82) is 0 Å². The molecule has 0 aliphatic heterocycles. The molecule has 0 unspecified atom stereocenters. The molecule has 0 spiro atoms. The van der Waals surface area contributed by atoms with Gasteiger partial charge in [0.15, 0.2) is 0 Å². The van der Waals surface area contributed by atoms with E-state index in [9.17, 15) is 0 Å². The summed E-state index contributed by atoms with van der Waals surface area (Å²) in [5, 5.41) is 1.12. The molecule has 5 aromatic rings. The summed E-state index contributed by atoms with van der Waals surface area (Å²) in [5.74, 6) is 6.36. The maximum Gasteiger partial charge on any atom is 0.114 e. The summed E-state index contributed by atoms with van der Waals surface area (Å²) in [7, 11) is 0. The molecule has 0 amide bonds. The molecule has 0 atom stereocenters. The summed E-state index contributed by atoms with van der Waals surface area (Å²) in [5.41, 5.74) is 5.79. The fraction of sp³-hybridized carbons (Fsp3) is 0. The second kappa shape index (κ2) is 7.41. The Morgan fingerprint density at radius 2 is 1.55 bits per heavy atom. The van der Waals surface area contributed by atoms with E-state index in [-0.39, 0.29) is 0 Å². The molecule has 4 heteroatoms. The number of hydrogen-bond donors (Lipinski definition) is 0. The van der Waals surface area contributed by atoms with Gasteiger partial charge in [0.05, 0.1) is 23.7 Å². The first-order valence-corrected chi connectivity index (χ1v) is 9.28.